The molecule has 0 aliphatic carbocycles. The van der Waals surface area contributed by atoms with Gasteiger partial charge in [-0.1, -0.05) is 54.6 Å². The quantitative estimate of drug-likeness (QED) is 0.571. The van der Waals surface area contributed by atoms with Crippen LogP contribution in [0.2, 0.25) is 0 Å². The van der Waals surface area contributed by atoms with E-state index < -0.39 is 5.41 Å². The number of ether oxygens (including phenoxy) is 1. The van der Waals surface area contributed by atoms with Gasteiger partial charge in [-0.05, 0) is 43.5 Å². The number of nitrogens with one attached hydrogen (secondary N) is 3. The number of rotatable bonds is 4. The van der Waals surface area contributed by atoms with E-state index in [2.05, 4.69) is 20.9 Å². The van der Waals surface area contributed by atoms with Crippen molar-refractivity contribution < 1.29 is 19.1 Å². The van der Waals surface area contributed by atoms with E-state index in [1.165, 1.54) is 0 Å². The number of piperidine rings is 1. The van der Waals surface area contributed by atoms with Crippen LogP contribution in [0.3, 0.4) is 0 Å². The smallest absolute Gasteiger partial charge is 0.255 e. The minimum Gasteiger partial charge on any atom is -0.489 e. The number of hydrogen-bond acceptors (Lipinski definition) is 5. The summed E-state index contributed by atoms with van der Waals surface area (Å²) in [6, 6.07) is 16.9. The predicted molar refractivity (Wildman–Crippen MR) is 137 cm³/mol. The van der Waals surface area contributed by atoms with Crippen LogP contribution in [0.1, 0.15) is 35.2 Å². The van der Waals surface area contributed by atoms with Crippen LogP contribution in [0.15, 0.2) is 66.7 Å². The van der Waals surface area contributed by atoms with Gasteiger partial charge in [-0.15, -0.1) is 0 Å². The summed E-state index contributed by atoms with van der Waals surface area (Å²) >= 11 is 0. The van der Waals surface area contributed by atoms with Gasteiger partial charge in [0, 0.05) is 26.2 Å². The van der Waals surface area contributed by atoms with Gasteiger partial charge in [0.05, 0.1) is 17.5 Å². The van der Waals surface area contributed by atoms with Crippen LogP contribution in [0.4, 0.5) is 0 Å². The average molecular weight is 491 g/mol. The number of amides is 3. The first kappa shape index (κ1) is 25.4. The fourth-order valence-corrected chi connectivity index (χ4v) is 4.79. The minimum atomic E-state index is -0.638. The molecule has 1 unspecified atom stereocenters. The van der Waals surface area contributed by atoms with Crippen LogP contribution in [-0.4, -0.2) is 62.0 Å². The Morgan fingerprint density at radius 3 is 2.64 bits per heavy atom. The molecule has 0 bridgehead atoms. The van der Waals surface area contributed by atoms with Crippen molar-refractivity contribution in [3.05, 3.63) is 77.9 Å². The van der Waals surface area contributed by atoms with Crippen molar-refractivity contribution in [2.45, 2.75) is 25.8 Å². The largest absolute Gasteiger partial charge is 0.489 e. The molecule has 1 atom stereocenters. The van der Waals surface area contributed by atoms with Crippen molar-refractivity contribution in [3.63, 3.8) is 0 Å². The molecule has 2 aliphatic heterocycles. The standard InChI is InChI=1S/C28H34N4O4/c33-25(31-19-22-9-2-1-3-10-22)20-32-17-8-14-28(21-32)13-6-7-18-36-24-12-5-4-11-23(24)26(34)29-15-16-30-27(28)35/h1-7,9-12H,8,13-21H2,(H,29,34)(H,30,35)(H,31,33)/b7-6-. The molecule has 190 valence electrons. The molecule has 3 amide bonds. The van der Waals surface area contributed by atoms with E-state index in [1.807, 2.05) is 48.6 Å². The van der Waals surface area contributed by atoms with Crippen molar-refractivity contribution >= 4 is 17.7 Å². The molecule has 2 heterocycles. The normalized spacial score (nSPS) is 22.3. The van der Waals surface area contributed by atoms with Gasteiger partial charge >= 0.3 is 0 Å². The lowest BCUT2D eigenvalue weighted by molar-refractivity contribution is -0.136. The van der Waals surface area contributed by atoms with Crippen molar-refractivity contribution in [1.82, 2.24) is 20.9 Å². The summed E-state index contributed by atoms with van der Waals surface area (Å²) in [5, 5.41) is 8.85. The van der Waals surface area contributed by atoms with E-state index >= 15 is 0 Å². The van der Waals surface area contributed by atoms with E-state index in [9.17, 15) is 14.4 Å². The number of para-hydroxylation sites is 1. The summed E-state index contributed by atoms with van der Waals surface area (Å²) in [5.41, 5.74) is 0.883. The Balaban J connectivity index is 1.40. The fraction of sp³-hybridized carbons (Fsp3) is 0.393. The highest BCUT2D eigenvalue weighted by molar-refractivity contribution is 5.97. The summed E-state index contributed by atoms with van der Waals surface area (Å²) in [7, 11) is 0. The zero-order valence-corrected chi connectivity index (χ0v) is 20.5. The lowest BCUT2D eigenvalue weighted by atomic mass is 9.76. The monoisotopic (exact) mass is 490 g/mol. The van der Waals surface area contributed by atoms with Gasteiger partial charge in [0.2, 0.25) is 11.8 Å². The number of carbonyl (C=O) groups excluding carboxylic acids is 3. The van der Waals surface area contributed by atoms with Crippen molar-refractivity contribution in [2.75, 3.05) is 39.3 Å². The van der Waals surface area contributed by atoms with E-state index in [0.29, 0.717) is 50.5 Å². The van der Waals surface area contributed by atoms with E-state index in [0.717, 1.165) is 24.9 Å². The van der Waals surface area contributed by atoms with E-state index in [1.54, 1.807) is 18.2 Å². The average Bonchev–Trinajstić information content (AvgIpc) is 2.90. The molecule has 1 saturated heterocycles. The van der Waals surface area contributed by atoms with Gasteiger partial charge in [0.15, 0.2) is 0 Å². The second-order valence-corrected chi connectivity index (χ2v) is 9.35. The Bertz CT molecular complexity index is 1090. The number of hydrogen-bond donors (Lipinski definition) is 3. The highest BCUT2D eigenvalue weighted by Gasteiger charge is 2.41. The van der Waals surface area contributed by atoms with Crippen LogP contribution in [0.5, 0.6) is 5.75 Å². The number of allylic oxidation sites excluding steroid dienone is 1. The van der Waals surface area contributed by atoms with Crippen molar-refractivity contribution in [3.8, 4) is 5.75 Å². The Hall–Kier alpha value is -3.65. The Labute approximate surface area is 212 Å². The third-order valence-corrected chi connectivity index (χ3v) is 6.68. The number of carbonyl (C=O) groups is 3. The third-order valence-electron chi connectivity index (χ3n) is 6.68. The van der Waals surface area contributed by atoms with Gasteiger partial charge in [0.1, 0.15) is 12.4 Å². The predicted octanol–water partition coefficient (Wildman–Crippen LogP) is 2.27. The van der Waals surface area contributed by atoms with Gasteiger partial charge in [-0.25, -0.2) is 0 Å². The van der Waals surface area contributed by atoms with E-state index in [-0.39, 0.29) is 24.3 Å². The summed E-state index contributed by atoms with van der Waals surface area (Å²) in [6.07, 6.45) is 5.99. The zero-order valence-electron chi connectivity index (χ0n) is 20.5. The maximum Gasteiger partial charge on any atom is 0.255 e. The van der Waals surface area contributed by atoms with Crippen molar-refractivity contribution in [2.24, 2.45) is 5.41 Å². The first-order valence-corrected chi connectivity index (χ1v) is 12.5. The maximum absolute atomic E-state index is 13.4. The molecule has 2 aromatic rings. The maximum atomic E-state index is 13.4. The Kier molecular flexibility index (Phi) is 8.73. The fourth-order valence-electron chi connectivity index (χ4n) is 4.79. The van der Waals surface area contributed by atoms with Gasteiger partial charge in [0.25, 0.3) is 5.91 Å². The molecule has 4 rings (SSSR count). The zero-order chi connectivity index (χ0) is 25.2. The molecule has 0 aromatic heterocycles. The molecule has 0 radical (unpaired) electrons. The summed E-state index contributed by atoms with van der Waals surface area (Å²) in [4.78, 5) is 40.6. The van der Waals surface area contributed by atoms with Gasteiger partial charge in [-0.2, -0.15) is 0 Å². The van der Waals surface area contributed by atoms with Crippen LogP contribution < -0.4 is 20.7 Å². The van der Waals surface area contributed by atoms with Crippen LogP contribution >= 0.6 is 0 Å². The first-order chi connectivity index (χ1) is 17.6. The molecule has 3 N–H and O–H groups in total. The second kappa shape index (κ2) is 12.4. The lowest BCUT2D eigenvalue weighted by Gasteiger charge is -2.41. The Morgan fingerprint density at radius 1 is 1.00 bits per heavy atom. The SMILES string of the molecule is O=C(CN1CCCC2(C/C=C\COc3ccccc3C(=O)NCCNC2=O)C1)NCc1ccccc1. The molecule has 1 fully saturated rings. The lowest BCUT2D eigenvalue weighted by Crippen LogP contribution is -2.54. The molecule has 0 saturated carbocycles. The molecule has 2 aromatic carbocycles. The molecule has 8 nitrogen and oxygen atoms in total. The molecule has 1 spiro atoms. The topological polar surface area (TPSA) is 99.8 Å². The molecule has 2 aliphatic rings. The van der Waals surface area contributed by atoms with Crippen LogP contribution in [0, 0.1) is 5.41 Å². The third kappa shape index (κ3) is 6.73. The first-order valence-electron chi connectivity index (χ1n) is 12.5. The summed E-state index contributed by atoms with van der Waals surface area (Å²) in [6.45, 7) is 2.95. The minimum absolute atomic E-state index is 0.0471. The molecular formula is C28H34N4O4. The van der Waals surface area contributed by atoms with Gasteiger partial charge < -0.3 is 20.7 Å². The molecular weight excluding hydrogens is 456 g/mol. The second-order valence-electron chi connectivity index (χ2n) is 9.35. The van der Waals surface area contributed by atoms with Crippen LogP contribution in [0.25, 0.3) is 0 Å². The number of likely N-dealkylation sites (tertiary alicyclic amines) is 1. The highest BCUT2D eigenvalue weighted by Crippen LogP contribution is 2.34. The summed E-state index contributed by atoms with van der Waals surface area (Å²) < 4.78 is 5.83. The molecule has 8 heteroatoms. The number of fused-ring (bicyclic) bond motifs is 1. The molecule has 36 heavy (non-hydrogen) atoms. The van der Waals surface area contributed by atoms with Crippen molar-refractivity contribution in [1.29, 1.82) is 0 Å². The highest BCUT2D eigenvalue weighted by atomic mass is 16.5. The van der Waals surface area contributed by atoms with Crippen LogP contribution in [-0.2, 0) is 16.1 Å². The van der Waals surface area contributed by atoms with E-state index in [4.69, 9.17) is 4.74 Å². The number of nitrogens with zero attached hydrogens (tertiary/aromatic N) is 1. The Morgan fingerprint density at radius 2 is 1.78 bits per heavy atom. The van der Waals surface area contributed by atoms with Gasteiger partial charge in [-0.3, -0.25) is 19.3 Å². The summed E-state index contributed by atoms with van der Waals surface area (Å²) in [5.74, 6) is 0.193. The number of benzene rings is 2.